The van der Waals surface area contributed by atoms with Crippen molar-refractivity contribution in [2.24, 2.45) is 5.41 Å². The van der Waals surface area contributed by atoms with Crippen molar-refractivity contribution in [1.82, 2.24) is 0 Å². The minimum absolute atomic E-state index is 0.255. The third-order valence-corrected chi connectivity index (χ3v) is 12.0. The largest absolute Gasteiger partial charge is 0.481 e. The van der Waals surface area contributed by atoms with Crippen molar-refractivity contribution in [2.45, 2.75) is 213 Å². The quantitative estimate of drug-likeness (QED) is 0.0627. The van der Waals surface area contributed by atoms with Crippen molar-refractivity contribution in [3.63, 3.8) is 0 Å². The first-order valence-electron chi connectivity index (χ1n) is 20.1. The van der Waals surface area contributed by atoms with E-state index in [0.29, 0.717) is 5.75 Å². The van der Waals surface area contributed by atoms with E-state index in [0.717, 1.165) is 55.8 Å². The molecule has 0 saturated heterocycles. The monoisotopic (exact) mass is 687 g/mol. The highest BCUT2D eigenvalue weighted by molar-refractivity contribution is 7.99. The number of hydrogen-bond acceptors (Lipinski definition) is 4. The van der Waals surface area contributed by atoms with E-state index in [-0.39, 0.29) is 6.42 Å². The van der Waals surface area contributed by atoms with Gasteiger partial charge in [0.25, 0.3) is 0 Å². The van der Waals surface area contributed by atoms with Crippen molar-refractivity contribution in [3.8, 4) is 0 Å². The maximum Gasteiger partial charge on any atom is 0.310 e. The Hall–Kier alpha value is -0.360. The second kappa shape index (κ2) is 35.9. The van der Waals surface area contributed by atoms with E-state index < -0.39 is 17.4 Å². The lowest BCUT2D eigenvalue weighted by molar-refractivity contribution is -0.148. The van der Waals surface area contributed by atoms with Crippen LogP contribution in [0.5, 0.6) is 0 Å². The van der Waals surface area contributed by atoms with Crippen molar-refractivity contribution < 1.29 is 19.8 Å². The number of carboxylic acids is 2. The first-order valence-corrected chi connectivity index (χ1v) is 22.4. The minimum atomic E-state index is -0.709. The molecule has 0 aromatic carbocycles. The summed E-state index contributed by atoms with van der Waals surface area (Å²) in [7, 11) is 0. The van der Waals surface area contributed by atoms with Crippen molar-refractivity contribution in [3.05, 3.63) is 0 Å². The lowest BCUT2D eigenvalue weighted by Crippen LogP contribution is -2.34. The molecule has 0 aliphatic rings. The predicted octanol–water partition coefficient (Wildman–Crippen LogP) is 13.7. The summed E-state index contributed by atoms with van der Waals surface area (Å²) in [6, 6.07) is 0. The molecule has 0 amide bonds. The first-order chi connectivity index (χ1) is 22.5. The molecule has 0 aromatic rings. The van der Waals surface area contributed by atoms with Crippen LogP contribution in [-0.2, 0) is 9.59 Å². The lowest BCUT2D eigenvalue weighted by atomic mass is 9.79. The van der Waals surface area contributed by atoms with Gasteiger partial charge in [-0.15, -0.1) is 0 Å². The van der Waals surface area contributed by atoms with E-state index in [2.05, 4.69) is 13.8 Å². The van der Waals surface area contributed by atoms with Crippen molar-refractivity contribution in [1.29, 1.82) is 0 Å². The zero-order valence-electron chi connectivity index (χ0n) is 30.8. The molecule has 0 spiro atoms. The van der Waals surface area contributed by atoms with Crippen LogP contribution in [0.1, 0.15) is 213 Å². The van der Waals surface area contributed by atoms with Crippen LogP contribution in [-0.4, -0.2) is 45.2 Å². The molecule has 0 aromatic heterocycles. The number of carboxylic acid groups (broad SMARTS) is 2. The molecule has 0 heterocycles. The Morgan fingerprint density at radius 1 is 0.435 bits per heavy atom. The standard InChI is InChI=1S/C40H78O4S2/c1-3-5-7-9-11-13-15-17-19-21-23-27-32-40(39(43)44,33-28-24-22-20-18-16-14-12-10-8-6-4-2)37-46-35-30-26-25-29-34-45-36-31-38(41)42/h3-37H2,1-2H3,(H,41,42)(H,43,44). The predicted molar refractivity (Wildman–Crippen MR) is 207 cm³/mol. The molecule has 0 atom stereocenters. The summed E-state index contributed by atoms with van der Waals surface area (Å²) in [6.07, 6.45) is 38.2. The Bertz CT molecular complexity index is 629. The highest BCUT2D eigenvalue weighted by atomic mass is 32.2. The van der Waals surface area contributed by atoms with Crippen LogP contribution in [0.4, 0.5) is 0 Å². The molecule has 6 heteroatoms. The fourth-order valence-corrected chi connectivity index (χ4v) is 8.73. The summed E-state index contributed by atoms with van der Waals surface area (Å²) in [5.74, 6) is 2.31. The minimum Gasteiger partial charge on any atom is -0.481 e. The number of thioether (sulfide) groups is 2. The van der Waals surface area contributed by atoms with Gasteiger partial charge in [-0.2, -0.15) is 23.5 Å². The average Bonchev–Trinajstić information content (AvgIpc) is 3.04. The van der Waals surface area contributed by atoms with Crippen LogP contribution in [0.25, 0.3) is 0 Å². The van der Waals surface area contributed by atoms with Gasteiger partial charge in [-0.3, -0.25) is 9.59 Å². The number of unbranched alkanes of at least 4 members (excludes halogenated alkanes) is 25. The van der Waals surface area contributed by atoms with Gasteiger partial charge < -0.3 is 10.2 Å². The van der Waals surface area contributed by atoms with Gasteiger partial charge in [0.1, 0.15) is 0 Å². The van der Waals surface area contributed by atoms with E-state index >= 15 is 0 Å². The second-order valence-electron chi connectivity index (χ2n) is 14.1. The molecule has 4 nitrogen and oxygen atoms in total. The smallest absolute Gasteiger partial charge is 0.310 e. The van der Waals surface area contributed by atoms with Crippen molar-refractivity contribution >= 4 is 35.5 Å². The summed E-state index contributed by atoms with van der Waals surface area (Å²) in [6.45, 7) is 4.55. The molecular formula is C40H78O4S2. The van der Waals surface area contributed by atoms with Gasteiger partial charge in [-0.1, -0.05) is 181 Å². The molecule has 0 bridgehead atoms. The third-order valence-electron chi connectivity index (χ3n) is 9.64. The van der Waals surface area contributed by atoms with Gasteiger partial charge in [-0.05, 0) is 37.2 Å². The summed E-state index contributed by atoms with van der Waals surface area (Å²) < 4.78 is 0. The summed E-state index contributed by atoms with van der Waals surface area (Å²) in [4.78, 5) is 23.4. The maximum absolute atomic E-state index is 12.8. The van der Waals surface area contributed by atoms with Crippen LogP contribution >= 0.6 is 23.5 Å². The molecule has 0 aliphatic heterocycles. The fraction of sp³-hybridized carbons (Fsp3) is 0.950. The van der Waals surface area contributed by atoms with Gasteiger partial charge in [-0.25, -0.2) is 0 Å². The number of hydrogen-bond donors (Lipinski definition) is 2. The van der Waals surface area contributed by atoms with E-state index in [1.165, 1.54) is 154 Å². The van der Waals surface area contributed by atoms with Crippen LogP contribution < -0.4 is 0 Å². The summed E-state index contributed by atoms with van der Waals surface area (Å²) >= 11 is 3.62. The van der Waals surface area contributed by atoms with Gasteiger partial charge in [0.15, 0.2) is 0 Å². The topological polar surface area (TPSA) is 74.6 Å². The molecule has 46 heavy (non-hydrogen) atoms. The Balaban J connectivity index is 4.39. The Morgan fingerprint density at radius 3 is 1.11 bits per heavy atom. The second-order valence-corrected chi connectivity index (χ2v) is 16.4. The number of rotatable bonds is 39. The zero-order valence-corrected chi connectivity index (χ0v) is 32.4. The van der Waals surface area contributed by atoms with E-state index in [1.54, 1.807) is 11.8 Å². The van der Waals surface area contributed by atoms with Crippen LogP contribution in [0, 0.1) is 5.41 Å². The first kappa shape index (κ1) is 45.6. The van der Waals surface area contributed by atoms with E-state index in [9.17, 15) is 14.7 Å². The molecule has 0 unspecified atom stereocenters. The maximum atomic E-state index is 12.8. The molecule has 0 rings (SSSR count). The summed E-state index contributed by atoms with van der Waals surface area (Å²) in [5, 5.41) is 19.2. The summed E-state index contributed by atoms with van der Waals surface area (Å²) in [5.41, 5.74) is -0.553. The average molecular weight is 687 g/mol. The number of carbonyl (C=O) groups is 2. The van der Waals surface area contributed by atoms with Gasteiger partial charge in [0.05, 0.1) is 11.8 Å². The fourth-order valence-electron chi connectivity index (χ4n) is 6.44. The molecular weight excluding hydrogens is 609 g/mol. The molecule has 0 saturated carbocycles. The van der Waals surface area contributed by atoms with E-state index in [1.807, 2.05) is 11.8 Å². The van der Waals surface area contributed by atoms with Gasteiger partial charge >= 0.3 is 11.9 Å². The molecule has 274 valence electrons. The third kappa shape index (κ3) is 30.9. The zero-order chi connectivity index (χ0) is 33.8. The van der Waals surface area contributed by atoms with Gasteiger partial charge in [0.2, 0.25) is 0 Å². The van der Waals surface area contributed by atoms with Gasteiger partial charge in [0, 0.05) is 11.5 Å². The lowest BCUT2D eigenvalue weighted by Gasteiger charge is -2.29. The van der Waals surface area contributed by atoms with Crippen molar-refractivity contribution in [2.75, 3.05) is 23.0 Å². The molecule has 0 aliphatic carbocycles. The van der Waals surface area contributed by atoms with Crippen LogP contribution in [0.3, 0.4) is 0 Å². The molecule has 0 fully saturated rings. The Labute approximate surface area is 295 Å². The molecule has 0 radical (unpaired) electrons. The Morgan fingerprint density at radius 2 is 0.761 bits per heavy atom. The SMILES string of the molecule is CCCCCCCCCCCCCCC(CCCCCCCCCCCCCC)(CSCCCCCCSCCC(=O)O)C(=O)O. The number of aliphatic carboxylic acids is 2. The van der Waals surface area contributed by atoms with Crippen LogP contribution in [0.2, 0.25) is 0 Å². The normalized spacial score (nSPS) is 11.8. The molecule has 2 N–H and O–H groups in total. The highest BCUT2D eigenvalue weighted by Gasteiger charge is 2.37. The highest BCUT2D eigenvalue weighted by Crippen LogP contribution is 2.36. The van der Waals surface area contributed by atoms with E-state index in [4.69, 9.17) is 5.11 Å². The van der Waals surface area contributed by atoms with Crippen LogP contribution in [0.15, 0.2) is 0 Å². The Kier molecular flexibility index (Phi) is 35.7.